The molecule has 0 aliphatic carbocycles. The van der Waals surface area contributed by atoms with Gasteiger partial charge in [-0.15, -0.1) is 0 Å². The van der Waals surface area contributed by atoms with Crippen LogP contribution in [0, 0.1) is 0 Å². The lowest BCUT2D eigenvalue weighted by Gasteiger charge is -2.16. The van der Waals surface area contributed by atoms with Crippen molar-refractivity contribution in [2.45, 2.75) is 38.9 Å². The molecule has 0 radical (unpaired) electrons. The number of hydrogen-bond acceptors (Lipinski definition) is 9. The van der Waals surface area contributed by atoms with Gasteiger partial charge in [-0.2, -0.15) is 10.2 Å². The van der Waals surface area contributed by atoms with Crippen molar-refractivity contribution in [3.8, 4) is 0 Å². The van der Waals surface area contributed by atoms with Crippen molar-refractivity contribution in [3.05, 3.63) is 124 Å². The molecular formula is C34H35Cl2N7O5. The molecule has 3 N–H and O–H groups in total. The number of carboxylic acids is 1. The van der Waals surface area contributed by atoms with Crippen LogP contribution in [-0.4, -0.2) is 60.3 Å². The fraction of sp³-hybridized carbons (Fsp3) is 0.235. The number of aromatic carboxylic acids is 1. The van der Waals surface area contributed by atoms with Gasteiger partial charge >= 0.3 is 5.97 Å². The van der Waals surface area contributed by atoms with Gasteiger partial charge in [0.1, 0.15) is 11.3 Å². The van der Waals surface area contributed by atoms with E-state index >= 15 is 0 Å². The monoisotopic (exact) mass is 691 g/mol. The van der Waals surface area contributed by atoms with Crippen molar-refractivity contribution in [2.75, 3.05) is 20.0 Å². The lowest BCUT2D eigenvalue weighted by atomic mass is 10.0. The predicted octanol–water partition coefficient (Wildman–Crippen LogP) is 6.50. The van der Waals surface area contributed by atoms with Gasteiger partial charge in [-0.05, 0) is 31.5 Å². The molecule has 4 heterocycles. The van der Waals surface area contributed by atoms with Gasteiger partial charge in [0, 0.05) is 62.8 Å². The van der Waals surface area contributed by atoms with Crippen molar-refractivity contribution in [2.24, 2.45) is 0 Å². The second-order valence-electron chi connectivity index (χ2n) is 10.5. The number of halogens is 2. The maximum absolute atomic E-state index is 12.5. The van der Waals surface area contributed by atoms with E-state index in [4.69, 9.17) is 43.5 Å². The number of ketones is 1. The summed E-state index contributed by atoms with van der Waals surface area (Å²) in [6, 6.07) is 22.4. The number of carboxylic acid groups (broad SMARTS) is 1. The number of anilines is 1. The first-order valence-corrected chi connectivity index (χ1v) is 15.5. The van der Waals surface area contributed by atoms with Crippen molar-refractivity contribution in [3.63, 3.8) is 0 Å². The Kier molecular flexibility index (Phi) is 12.6. The topological polar surface area (TPSA) is 159 Å². The third-order valence-corrected chi connectivity index (χ3v) is 7.57. The van der Waals surface area contributed by atoms with Crippen LogP contribution in [0.25, 0.3) is 11.3 Å². The molecule has 0 amide bonds. The molecule has 12 nitrogen and oxygen atoms in total. The van der Waals surface area contributed by atoms with E-state index in [0.717, 1.165) is 22.5 Å². The Bertz CT molecular complexity index is 1980. The van der Waals surface area contributed by atoms with Gasteiger partial charge in [0.15, 0.2) is 21.6 Å². The molecule has 48 heavy (non-hydrogen) atoms. The van der Waals surface area contributed by atoms with Crippen LogP contribution in [0.3, 0.4) is 0 Å². The molecule has 2 atom stereocenters. The minimum absolute atomic E-state index is 0.0478. The van der Waals surface area contributed by atoms with Crippen LogP contribution < -0.4 is 5.73 Å². The summed E-state index contributed by atoms with van der Waals surface area (Å²) in [5, 5.41) is 18.0. The number of carbonyl (C=O) groups is 2. The van der Waals surface area contributed by atoms with Gasteiger partial charge in [-0.25, -0.2) is 23.8 Å². The highest BCUT2D eigenvalue weighted by Crippen LogP contribution is 2.24. The number of aromatic nitrogens is 6. The number of hydrogen-bond donors (Lipinski definition) is 2. The molecule has 0 unspecified atom stereocenters. The van der Waals surface area contributed by atoms with Crippen LogP contribution in [0.2, 0.25) is 10.3 Å². The van der Waals surface area contributed by atoms with E-state index in [1.54, 1.807) is 36.9 Å². The number of nitrogen functional groups attached to an aromatic ring is 1. The second-order valence-corrected chi connectivity index (χ2v) is 11.3. The summed E-state index contributed by atoms with van der Waals surface area (Å²) in [6.07, 6.45) is 2.99. The maximum atomic E-state index is 12.5. The molecule has 2 aromatic carbocycles. The van der Waals surface area contributed by atoms with E-state index in [9.17, 15) is 9.59 Å². The Hall–Kier alpha value is -4.88. The molecule has 0 aliphatic rings. The smallest absolute Gasteiger partial charge is 0.339 e. The summed E-state index contributed by atoms with van der Waals surface area (Å²) < 4.78 is 13.6. The Morgan fingerprint density at radius 2 is 1.29 bits per heavy atom. The first-order chi connectivity index (χ1) is 23.0. The molecule has 0 fully saturated rings. The number of nitrogens with two attached hydrogens (primary N) is 1. The molecular weight excluding hydrogens is 657 g/mol. The lowest BCUT2D eigenvalue weighted by molar-refractivity contribution is -0.117. The van der Waals surface area contributed by atoms with Crippen molar-refractivity contribution in [1.29, 1.82) is 0 Å². The van der Waals surface area contributed by atoms with Crippen molar-refractivity contribution in [1.82, 2.24) is 29.2 Å². The minimum Gasteiger partial charge on any atom is -0.478 e. The normalized spacial score (nSPS) is 12.0. The van der Waals surface area contributed by atoms with E-state index in [0.29, 0.717) is 28.6 Å². The summed E-state index contributed by atoms with van der Waals surface area (Å²) >= 11 is 11.8. The highest BCUT2D eigenvalue weighted by molar-refractivity contribution is 6.30. The Morgan fingerprint density at radius 3 is 1.79 bits per heavy atom. The zero-order chi connectivity index (χ0) is 34.8. The van der Waals surface area contributed by atoms with Crippen LogP contribution in [0.15, 0.2) is 85.2 Å². The van der Waals surface area contributed by atoms with Crippen molar-refractivity contribution >= 4 is 51.9 Å². The van der Waals surface area contributed by atoms with Gasteiger partial charge in [-0.1, -0.05) is 71.7 Å². The number of carbonyl (C=O) groups excluding carboxylic acids is 1. The third kappa shape index (κ3) is 9.14. The van der Waals surface area contributed by atoms with Gasteiger partial charge in [0.2, 0.25) is 0 Å². The zero-order valence-corrected chi connectivity index (χ0v) is 28.3. The van der Waals surface area contributed by atoms with Gasteiger partial charge < -0.3 is 20.3 Å². The maximum Gasteiger partial charge on any atom is 0.339 e. The van der Waals surface area contributed by atoms with Crippen LogP contribution in [-0.2, 0) is 27.1 Å². The average Bonchev–Trinajstić information content (AvgIpc) is 3.65. The van der Waals surface area contributed by atoms with Crippen LogP contribution in [0.4, 0.5) is 5.69 Å². The quantitative estimate of drug-likeness (QED) is 0.160. The van der Waals surface area contributed by atoms with Crippen LogP contribution in [0.5, 0.6) is 0 Å². The van der Waals surface area contributed by atoms with E-state index < -0.39 is 12.1 Å². The first kappa shape index (κ1) is 36.0. The second kappa shape index (κ2) is 16.8. The Balaban J connectivity index is 0.000000187. The standard InChI is InChI=1S/C18H18ClN3O2.C10H10ClN3O3.C6H7N/c1-12(24-2)18-14(11-20-17-10-16(19)21-22(17)18)9-15(23)8-13-6-4-3-5-7-13;1-5(17-2)9-6(10(15)16)4-12-8-3-7(11)13-14(8)9;7-6-4-2-1-3-5-6/h3-7,10-12H,8-9H2,1-2H3;3-5H,1-2H3,(H,15,16);1-5H,7H2/t12-;5-;/m00./s1. The average molecular weight is 693 g/mol. The number of rotatable bonds is 9. The van der Waals surface area contributed by atoms with Gasteiger partial charge in [-0.3, -0.25) is 4.79 Å². The molecule has 0 bridgehead atoms. The van der Waals surface area contributed by atoms with Gasteiger partial charge in [0.05, 0.1) is 23.6 Å². The fourth-order valence-corrected chi connectivity index (χ4v) is 5.13. The number of methoxy groups -OCH3 is 2. The van der Waals surface area contributed by atoms with E-state index in [-0.39, 0.29) is 29.0 Å². The van der Waals surface area contributed by atoms with E-state index in [1.807, 2.05) is 67.6 Å². The summed E-state index contributed by atoms with van der Waals surface area (Å²) in [6.45, 7) is 3.65. The molecule has 0 spiro atoms. The summed E-state index contributed by atoms with van der Waals surface area (Å²) in [7, 11) is 3.12. The number of ether oxygens (including phenoxy) is 2. The first-order valence-electron chi connectivity index (χ1n) is 14.7. The molecule has 4 aromatic heterocycles. The summed E-state index contributed by atoms with van der Waals surface area (Å²) in [5.41, 5.74) is 10.4. The number of benzene rings is 2. The molecule has 0 saturated carbocycles. The summed E-state index contributed by atoms with van der Waals surface area (Å²) in [4.78, 5) is 31.9. The number of para-hydroxylation sites is 1. The molecule has 0 saturated heterocycles. The molecule has 6 rings (SSSR count). The molecule has 250 valence electrons. The molecule has 6 aromatic rings. The van der Waals surface area contributed by atoms with Gasteiger partial charge in [0.25, 0.3) is 0 Å². The lowest BCUT2D eigenvalue weighted by Crippen LogP contribution is -2.15. The predicted molar refractivity (Wildman–Crippen MR) is 184 cm³/mol. The highest BCUT2D eigenvalue weighted by atomic mass is 35.5. The fourth-order valence-electron chi connectivity index (χ4n) is 4.78. The number of Topliss-reactive ketones (excluding diaryl/α,β-unsaturated/α-hetero) is 1. The minimum atomic E-state index is -1.08. The zero-order valence-electron chi connectivity index (χ0n) is 26.7. The third-order valence-electron chi connectivity index (χ3n) is 7.20. The van der Waals surface area contributed by atoms with Crippen LogP contribution in [0.1, 0.15) is 58.9 Å². The van der Waals surface area contributed by atoms with Crippen molar-refractivity contribution < 1.29 is 24.2 Å². The Morgan fingerprint density at radius 1 is 0.792 bits per heavy atom. The number of nitrogens with zero attached hydrogens (tertiary/aromatic N) is 6. The largest absolute Gasteiger partial charge is 0.478 e. The number of fused-ring (bicyclic) bond motifs is 2. The summed E-state index contributed by atoms with van der Waals surface area (Å²) in [5.74, 6) is -0.963. The molecule has 14 heteroatoms. The van der Waals surface area contributed by atoms with E-state index in [1.165, 1.54) is 17.8 Å². The molecule has 0 aliphatic heterocycles. The highest BCUT2D eigenvalue weighted by Gasteiger charge is 2.21. The Labute approximate surface area is 287 Å². The SMILES string of the molecule is CO[C@@H](C)c1c(C(=O)O)cnc2cc(Cl)nn12.CO[C@@H](C)c1c(CC(=O)Cc2ccccc2)cnc2cc(Cl)nn12.Nc1ccccc1. The van der Waals surface area contributed by atoms with Crippen LogP contribution >= 0.6 is 23.2 Å². The van der Waals surface area contributed by atoms with E-state index in [2.05, 4.69) is 20.2 Å².